The fourth-order valence-electron chi connectivity index (χ4n) is 3.26. The van der Waals surface area contributed by atoms with E-state index in [4.69, 9.17) is 4.74 Å². The Labute approximate surface area is 148 Å². The molecule has 130 valence electrons. The van der Waals surface area contributed by atoms with E-state index in [1.54, 1.807) is 26.8 Å². The number of carbonyl (C=O) groups is 2. The minimum Gasteiger partial charge on any atom is -0.443 e. The van der Waals surface area contributed by atoms with Gasteiger partial charge < -0.3 is 4.74 Å². The second-order valence-corrected chi connectivity index (χ2v) is 7.51. The van der Waals surface area contributed by atoms with Gasteiger partial charge in [0, 0.05) is 0 Å². The summed E-state index contributed by atoms with van der Waals surface area (Å²) in [6, 6.07) is 13.4. The summed E-state index contributed by atoms with van der Waals surface area (Å²) >= 11 is 0. The molecular formula is C21H23NO3. The third-order valence-electron chi connectivity index (χ3n) is 4.27. The Bertz CT molecular complexity index is 848. The average molecular weight is 337 g/mol. The third kappa shape index (κ3) is 3.16. The molecule has 0 aromatic heterocycles. The molecule has 25 heavy (non-hydrogen) atoms. The van der Waals surface area contributed by atoms with Crippen LogP contribution in [0.5, 0.6) is 0 Å². The highest BCUT2D eigenvalue weighted by Crippen LogP contribution is 2.42. The van der Waals surface area contributed by atoms with E-state index in [0.717, 1.165) is 22.3 Å². The molecular weight excluding hydrogens is 314 g/mol. The maximum Gasteiger partial charge on any atom is 0.421 e. The number of carbonyl (C=O) groups excluding carboxylic acids is 2. The zero-order valence-electron chi connectivity index (χ0n) is 15.3. The van der Waals surface area contributed by atoms with E-state index >= 15 is 0 Å². The van der Waals surface area contributed by atoms with Gasteiger partial charge in [-0.1, -0.05) is 42.0 Å². The summed E-state index contributed by atoms with van der Waals surface area (Å²) in [6.45, 7) is 9.39. The molecule has 4 nitrogen and oxygen atoms in total. The maximum atomic E-state index is 13.2. The SMILES string of the molecule is Cc1ccc(C2C(=O)N(C(=O)OC(C)(C)C)c3ccccc32)c(C)c1. The lowest BCUT2D eigenvalue weighted by Gasteiger charge is -2.24. The van der Waals surface area contributed by atoms with Crippen LogP contribution >= 0.6 is 0 Å². The molecule has 3 rings (SSSR count). The van der Waals surface area contributed by atoms with Crippen molar-refractivity contribution in [2.75, 3.05) is 4.90 Å². The zero-order valence-corrected chi connectivity index (χ0v) is 15.3. The van der Waals surface area contributed by atoms with Gasteiger partial charge in [0.2, 0.25) is 5.91 Å². The van der Waals surface area contributed by atoms with Crippen molar-refractivity contribution in [2.45, 2.75) is 46.1 Å². The van der Waals surface area contributed by atoms with Crippen molar-refractivity contribution < 1.29 is 14.3 Å². The van der Waals surface area contributed by atoms with Gasteiger partial charge in [-0.15, -0.1) is 0 Å². The number of amides is 2. The Morgan fingerprint density at radius 3 is 2.36 bits per heavy atom. The Hall–Kier alpha value is -2.62. The number of rotatable bonds is 1. The number of hydrogen-bond acceptors (Lipinski definition) is 3. The van der Waals surface area contributed by atoms with Gasteiger partial charge in [0.15, 0.2) is 0 Å². The van der Waals surface area contributed by atoms with E-state index < -0.39 is 17.6 Å². The summed E-state index contributed by atoms with van der Waals surface area (Å²) < 4.78 is 5.45. The molecule has 0 saturated heterocycles. The van der Waals surface area contributed by atoms with Gasteiger partial charge in [-0.25, -0.2) is 9.69 Å². The van der Waals surface area contributed by atoms with Crippen LogP contribution in [-0.2, 0) is 9.53 Å². The molecule has 0 radical (unpaired) electrons. The first-order chi connectivity index (χ1) is 11.7. The molecule has 4 heteroatoms. The third-order valence-corrected chi connectivity index (χ3v) is 4.27. The number of nitrogens with zero attached hydrogens (tertiary/aromatic N) is 1. The van der Waals surface area contributed by atoms with E-state index in [0.29, 0.717) is 5.69 Å². The van der Waals surface area contributed by atoms with Crippen LogP contribution in [0.2, 0.25) is 0 Å². The summed E-state index contributed by atoms with van der Waals surface area (Å²) in [4.78, 5) is 27.0. The largest absolute Gasteiger partial charge is 0.443 e. The first-order valence-corrected chi connectivity index (χ1v) is 8.42. The lowest BCUT2D eigenvalue weighted by molar-refractivity contribution is -0.118. The van der Waals surface area contributed by atoms with Crippen molar-refractivity contribution in [3.05, 3.63) is 64.7 Å². The minimum absolute atomic E-state index is 0.262. The van der Waals surface area contributed by atoms with E-state index in [1.807, 2.05) is 44.2 Å². The van der Waals surface area contributed by atoms with Crippen LogP contribution in [0.4, 0.5) is 10.5 Å². The Balaban J connectivity index is 2.08. The number of aryl methyl sites for hydroxylation is 2. The van der Waals surface area contributed by atoms with E-state index in [9.17, 15) is 9.59 Å². The fraction of sp³-hybridized carbons (Fsp3) is 0.333. The van der Waals surface area contributed by atoms with Crippen molar-refractivity contribution in [1.82, 2.24) is 0 Å². The van der Waals surface area contributed by atoms with Crippen molar-refractivity contribution in [3.63, 3.8) is 0 Å². The summed E-state index contributed by atoms with van der Waals surface area (Å²) in [5.41, 5.74) is 3.89. The average Bonchev–Trinajstić information content (AvgIpc) is 2.78. The number of benzene rings is 2. The van der Waals surface area contributed by atoms with Crippen molar-refractivity contribution in [2.24, 2.45) is 0 Å². The highest BCUT2D eigenvalue weighted by atomic mass is 16.6. The number of fused-ring (bicyclic) bond motifs is 1. The molecule has 0 spiro atoms. The van der Waals surface area contributed by atoms with E-state index in [1.165, 1.54) is 4.90 Å². The zero-order chi connectivity index (χ0) is 18.4. The molecule has 2 amide bonds. The first-order valence-electron chi connectivity index (χ1n) is 8.42. The lowest BCUT2D eigenvalue weighted by atomic mass is 9.89. The van der Waals surface area contributed by atoms with E-state index in [-0.39, 0.29) is 5.91 Å². The van der Waals surface area contributed by atoms with Crippen molar-refractivity contribution in [3.8, 4) is 0 Å². The molecule has 0 aliphatic carbocycles. The second-order valence-electron chi connectivity index (χ2n) is 7.51. The van der Waals surface area contributed by atoms with Gasteiger partial charge >= 0.3 is 6.09 Å². The molecule has 1 aliphatic rings. The number of ether oxygens (including phenoxy) is 1. The number of imide groups is 1. The normalized spacial score (nSPS) is 16.8. The first kappa shape index (κ1) is 17.2. The van der Waals surface area contributed by atoms with Gasteiger partial charge in [-0.3, -0.25) is 4.79 Å². The van der Waals surface area contributed by atoms with Gasteiger partial charge in [0.25, 0.3) is 0 Å². The quantitative estimate of drug-likeness (QED) is 0.756. The van der Waals surface area contributed by atoms with Crippen LogP contribution in [0.25, 0.3) is 0 Å². The van der Waals surface area contributed by atoms with Crippen LogP contribution in [0, 0.1) is 13.8 Å². The van der Waals surface area contributed by atoms with Gasteiger partial charge in [0.05, 0.1) is 11.6 Å². The minimum atomic E-state index is -0.663. The molecule has 2 aromatic rings. The predicted molar refractivity (Wildman–Crippen MR) is 97.9 cm³/mol. The molecule has 0 N–H and O–H groups in total. The molecule has 1 unspecified atom stereocenters. The number of para-hydroxylation sites is 1. The highest BCUT2D eigenvalue weighted by molar-refractivity contribution is 6.20. The van der Waals surface area contributed by atoms with Crippen LogP contribution < -0.4 is 4.90 Å². The van der Waals surface area contributed by atoms with Crippen molar-refractivity contribution >= 4 is 17.7 Å². The standard InChI is InChI=1S/C21H23NO3/c1-13-10-11-15(14(2)12-13)18-16-8-6-7-9-17(16)22(19(18)23)20(24)25-21(3,4)5/h6-12,18H,1-5H3. The highest BCUT2D eigenvalue weighted by Gasteiger charge is 2.43. The van der Waals surface area contributed by atoms with E-state index in [2.05, 4.69) is 6.07 Å². The molecule has 1 atom stereocenters. The van der Waals surface area contributed by atoms with Crippen LogP contribution in [0.15, 0.2) is 42.5 Å². The molecule has 0 bridgehead atoms. The summed E-state index contributed by atoms with van der Waals surface area (Å²) in [7, 11) is 0. The molecule has 1 aliphatic heterocycles. The lowest BCUT2D eigenvalue weighted by Crippen LogP contribution is -2.39. The monoisotopic (exact) mass is 337 g/mol. The fourth-order valence-corrected chi connectivity index (χ4v) is 3.26. The summed E-state index contributed by atoms with van der Waals surface area (Å²) in [5, 5.41) is 0. The molecule has 2 aromatic carbocycles. The Morgan fingerprint density at radius 1 is 1.04 bits per heavy atom. The van der Waals surface area contributed by atoms with Crippen molar-refractivity contribution in [1.29, 1.82) is 0 Å². The van der Waals surface area contributed by atoms with Gasteiger partial charge in [-0.05, 0) is 57.4 Å². The predicted octanol–water partition coefficient (Wildman–Crippen LogP) is 4.72. The van der Waals surface area contributed by atoms with Gasteiger partial charge in [0.1, 0.15) is 5.60 Å². The number of hydrogen-bond donors (Lipinski definition) is 0. The van der Waals surface area contributed by atoms with Crippen LogP contribution in [0.3, 0.4) is 0 Å². The maximum absolute atomic E-state index is 13.2. The van der Waals surface area contributed by atoms with Gasteiger partial charge in [-0.2, -0.15) is 0 Å². The Kier molecular flexibility index (Phi) is 4.15. The second kappa shape index (κ2) is 6.03. The summed E-state index contributed by atoms with van der Waals surface area (Å²) in [6.07, 6.45) is -0.628. The smallest absolute Gasteiger partial charge is 0.421 e. The Morgan fingerprint density at radius 2 is 1.72 bits per heavy atom. The molecule has 1 heterocycles. The van der Waals surface area contributed by atoms with Crippen LogP contribution in [0.1, 0.15) is 48.9 Å². The van der Waals surface area contributed by atoms with Crippen LogP contribution in [-0.4, -0.2) is 17.6 Å². The topological polar surface area (TPSA) is 46.6 Å². The number of anilines is 1. The molecule has 0 saturated carbocycles. The molecule has 0 fully saturated rings. The summed E-state index contributed by atoms with van der Waals surface area (Å²) in [5.74, 6) is -0.744.